The smallest absolute Gasteiger partial charge is 0.0461 e. The fraction of sp³-hybridized carbons (Fsp3) is 0.600. The van der Waals surface area contributed by atoms with Gasteiger partial charge < -0.3 is 5.32 Å². The van der Waals surface area contributed by atoms with Crippen LogP contribution in [0.15, 0.2) is 10.6 Å². The van der Waals surface area contributed by atoms with Crippen molar-refractivity contribution in [1.82, 2.24) is 5.32 Å². The maximum absolute atomic E-state index is 3.46. The first kappa shape index (κ1) is 6.78. The normalized spacial score (nSPS) is 29.8. The Bertz CT molecular complexity index is 111. The summed E-state index contributed by atoms with van der Waals surface area (Å²) in [7, 11) is 0. The lowest BCUT2D eigenvalue weighted by Crippen LogP contribution is -2.27. The molecule has 1 aliphatic rings. The number of rotatable bonds is 0. The van der Waals surface area contributed by atoms with Crippen LogP contribution in [0.1, 0.15) is 0 Å². The van der Waals surface area contributed by atoms with E-state index in [0.717, 1.165) is 13.1 Å². The van der Waals surface area contributed by atoms with E-state index in [2.05, 4.69) is 43.3 Å². The zero-order chi connectivity index (χ0) is 5.98. The van der Waals surface area contributed by atoms with Crippen LogP contribution in [0.25, 0.3) is 0 Å². The molecule has 0 fully saturated rings. The number of nitrogens with one attached hydrogen (secondary N) is 1. The topological polar surface area (TPSA) is 12.0 Å². The van der Waals surface area contributed by atoms with Gasteiger partial charge in [-0.25, -0.2) is 0 Å². The van der Waals surface area contributed by atoms with Gasteiger partial charge in [-0.1, -0.05) is 37.9 Å². The summed E-state index contributed by atoms with van der Waals surface area (Å²) in [6.07, 6.45) is 2.16. The van der Waals surface area contributed by atoms with Crippen molar-refractivity contribution < 1.29 is 0 Å². The molecule has 0 bridgehead atoms. The van der Waals surface area contributed by atoms with Crippen LogP contribution in [0.2, 0.25) is 0 Å². The lowest BCUT2D eigenvalue weighted by Gasteiger charge is -2.13. The van der Waals surface area contributed by atoms with Crippen molar-refractivity contribution in [2.75, 3.05) is 13.1 Å². The number of alkyl halides is 1. The van der Waals surface area contributed by atoms with Gasteiger partial charge in [0.1, 0.15) is 0 Å². The van der Waals surface area contributed by atoms with Crippen molar-refractivity contribution in [1.29, 1.82) is 0 Å². The van der Waals surface area contributed by atoms with E-state index in [1.807, 2.05) is 0 Å². The Balaban J connectivity index is 2.50. The molecular weight excluding hydrogens is 234 g/mol. The molecule has 8 heavy (non-hydrogen) atoms. The van der Waals surface area contributed by atoms with Gasteiger partial charge in [0.15, 0.2) is 0 Å². The molecule has 1 unspecified atom stereocenters. The minimum atomic E-state index is 0.505. The van der Waals surface area contributed by atoms with Crippen LogP contribution in [0.5, 0.6) is 0 Å². The minimum absolute atomic E-state index is 0.505. The van der Waals surface area contributed by atoms with Crippen LogP contribution in [-0.2, 0) is 0 Å². The van der Waals surface area contributed by atoms with Crippen LogP contribution >= 0.6 is 31.9 Å². The molecule has 0 amide bonds. The van der Waals surface area contributed by atoms with Crippen LogP contribution in [0.3, 0.4) is 0 Å². The highest BCUT2D eigenvalue weighted by atomic mass is 79.9. The Kier molecular flexibility index (Phi) is 2.53. The van der Waals surface area contributed by atoms with Gasteiger partial charge in [-0.2, -0.15) is 0 Å². The van der Waals surface area contributed by atoms with Crippen molar-refractivity contribution in [2.45, 2.75) is 4.83 Å². The molecule has 46 valence electrons. The average molecular weight is 241 g/mol. The van der Waals surface area contributed by atoms with Crippen molar-refractivity contribution in [3.8, 4) is 0 Å². The molecular formula is C5H7Br2N. The first-order valence-corrected chi connectivity index (χ1v) is 4.21. The number of hydrogen-bond donors (Lipinski definition) is 1. The van der Waals surface area contributed by atoms with E-state index in [0.29, 0.717) is 4.83 Å². The fourth-order valence-electron chi connectivity index (χ4n) is 0.644. The summed E-state index contributed by atoms with van der Waals surface area (Å²) >= 11 is 6.86. The van der Waals surface area contributed by atoms with Gasteiger partial charge in [-0.3, -0.25) is 0 Å². The first-order valence-electron chi connectivity index (χ1n) is 2.50. The standard InChI is InChI=1S/C5H7Br2N/c6-4-1-5(7)3-8-2-4/h1,4,8H,2-3H2. The quantitative estimate of drug-likeness (QED) is 0.635. The van der Waals surface area contributed by atoms with Crippen molar-refractivity contribution in [2.24, 2.45) is 0 Å². The molecule has 1 aliphatic heterocycles. The monoisotopic (exact) mass is 239 g/mol. The van der Waals surface area contributed by atoms with E-state index in [1.165, 1.54) is 4.48 Å². The summed E-state index contributed by atoms with van der Waals surface area (Å²) in [4.78, 5) is 0.505. The third-order valence-electron chi connectivity index (χ3n) is 0.995. The van der Waals surface area contributed by atoms with E-state index in [4.69, 9.17) is 0 Å². The zero-order valence-electron chi connectivity index (χ0n) is 4.32. The summed E-state index contributed by atoms with van der Waals surface area (Å²) in [5, 5.41) is 3.22. The second-order valence-corrected chi connectivity index (χ2v) is 3.96. The van der Waals surface area contributed by atoms with Crippen LogP contribution < -0.4 is 5.32 Å². The largest absolute Gasteiger partial charge is 0.311 e. The summed E-state index contributed by atoms with van der Waals surface area (Å²) in [5.74, 6) is 0. The van der Waals surface area contributed by atoms with E-state index in [1.54, 1.807) is 0 Å². The molecule has 0 aliphatic carbocycles. The summed E-state index contributed by atoms with van der Waals surface area (Å²) in [5.41, 5.74) is 0. The Morgan fingerprint density at radius 2 is 2.50 bits per heavy atom. The maximum atomic E-state index is 3.46. The van der Waals surface area contributed by atoms with Crippen molar-refractivity contribution in [3.63, 3.8) is 0 Å². The average Bonchev–Trinajstić information content (AvgIpc) is 1.64. The third-order valence-corrected chi connectivity index (χ3v) is 2.13. The summed E-state index contributed by atoms with van der Waals surface area (Å²) in [6.45, 7) is 2.01. The SMILES string of the molecule is BrC1=CC(Br)CNC1. The van der Waals surface area contributed by atoms with Crippen LogP contribution in [-0.4, -0.2) is 17.9 Å². The molecule has 0 aromatic rings. The van der Waals surface area contributed by atoms with E-state index in [-0.39, 0.29) is 0 Å². The Morgan fingerprint density at radius 3 is 2.88 bits per heavy atom. The van der Waals surface area contributed by atoms with Crippen molar-refractivity contribution in [3.05, 3.63) is 10.6 Å². The van der Waals surface area contributed by atoms with Crippen molar-refractivity contribution >= 4 is 31.9 Å². The lowest BCUT2D eigenvalue weighted by atomic mass is 10.3. The van der Waals surface area contributed by atoms with Crippen LogP contribution in [0.4, 0.5) is 0 Å². The van der Waals surface area contributed by atoms with Gasteiger partial charge in [0.2, 0.25) is 0 Å². The Labute approximate surface area is 65.8 Å². The maximum Gasteiger partial charge on any atom is 0.0461 e. The second kappa shape index (κ2) is 2.99. The first-order chi connectivity index (χ1) is 3.79. The molecule has 1 rings (SSSR count). The number of hydrogen-bond acceptors (Lipinski definition) is 1. The highest BCUT2D eigenvalue weighted by molar-refractivity contribution is 9.12. The summed E-state index contributed by atoms with van der Waals surface area (Å²) < 4.78 is 1.24. The minimum Gasteiger partial charge on any atom is -0.311 e. The molecule has 1 atom stereocenters. The van der Waals surface area contributed by atoms with Gasteiger partial charge in [0.05, 0.1) is 0 Å². The van der Waals surface area contributed by atoms with Crippen LogP contribution in [0, 0.1) is 0 Å². The second-order valence-electron chi connectivity index (χ2n) is 1.76. The lowest BCUT2D eigenvalue weighted by molar-refractivity contribution is 0.738. The van der Waals surface area contributed by atoms with Gasteiger partial charge in [-0.05, 0) is 0 Å². The molecule has 0 aromatic carbocycles. The molecule has 1 heterocycles. The van der Waals surface area contributed by atoms with Gasteiger partial charge in [-0.15, -0.1) is 0 Å². The molecule has 0 saturated carbocycles. The fourth-order valence-corrected chi connectivity index (χ4v) is 2.06. The summed E-state index contributed by atoms with van der Waals surface area (Å²) in [6, 6.07) is 0. The molecule has 1 nitrogen and oxygen atoms in total. The highest BCUT2D eigenvalue weighted by Gasteiger charge is 2.05. The third kappa shape index (κ3) is 1.88. The molecule has 0 saturated heterocycles. The highest BCUT2D eigenvalue weighted by Crippen LogP contribution is 2.13. The Morgan fingerprint density at radius 1 is 1.75 bits per heavy atom. The molecule has 0 radical (unpaired) electrons. The predicted octanol–water partition coefficient (Wildman–Crippen LogP) is 1.63. The van der Waals surface area contributed by atoms with E-state index in [9.17, 15) is 0 Å². The van der Waals surface area contributed by atoms with Gasteiger partial charge >= 0.3 is 0 Å². The number of halogens is 2. The molecule has 0 spiro atoms. The van der Waals surface area contributed by atoms with Gasteiger partial charge in [0.25, 0.3) is 0 Å². The molecule has 3 heteroatoms. The molecule has 1 N–H and O–H groups in total. The zero-order valence-corrected chi connectivity index (χ0v) is 7.50. The van der Waals surface area contributed by atoms with E-state index < -0.39 is 0 Å². The Hall–Kier alpha value is 0.660. The predicted molar refractivity (Wildman–Crippen MR) is 42.6 cm³/mol. The molecule has 0 aromatic heterocycles. The van der Waals surface area contributed by atoms with Gasteiger partial charge in [0, 0.05) is 22.4 Å². The van der Waals surface area contributed by atoms with E-state index >= 15 is 0 Å².